The van der Waals surface area contributed by atoms with Crippen LogP contribution < -0.4 is 11.3 Å². The zero-order valence-electron chi connectivity index (χ0n) is 19.2. The number of aliphatic hydroxyl groups is 5. The monoisotopic (exact) mass is 589 g/mol. The number of phosphoric ester groups is 2. The van der Waals surface area contributed by atoms with E-state index in [9.17, 15) is 49.2 Å². The molecule has 11 atom stereocenters. The summed E-state index contributed by atoms with van der Waals surface area (Å²) in [6.07, 6.45) is -13.8. The Morgan fingerprint density at radius 2 is 1.74 bits per heavy atom. The number of rotatable bonds is 8. The largest absolute Gasteiger partial charge is 0.483 e. The molecule has 0 aliphatic carbocycles. The van der Waals surface area contributed by atoms with Crippen molar-refractivity contribution in [3.8, 4) is 0 Å². The zero-order valence-corrected chi connectivity index (χ0v) is 21.0. The van der Waals surface area contributed by atoms with Crippen LogP contribution in [0.4, 0.5) is 5.95 Å². The summed E-state index contributed by atoms with van der Waals surface area (Å²) >= 11 is 0. The Labute approximate surface area is 211 Å². The van der Waals surface area contributed by atoms with E-state index >= 15 is 0 Å². The lowest BCUT2D eigenvalue weighted by Crippen LogP contribution is -2.57. The molecule has 2 aromatic rings. The Morgan fingerprint density at radius 1 is 1.05 bits per heavy atom. The van der Waals surface area contributed by atoms with E-state index in [0.29, 0.717) is 0 Å². The van der Waals surface area contributed by atoms with Crippen LogP contribution in [0.2, 0.25) is 0 Å². The number of fused-ring (bicyclic) bond motifs is 1. The number of hydrogen-bond acceptors (Lipinski definition) is 16. The van der Waals surface area contributed by atoms with Crippen molar-refractivity contribution >= 4 is 32.8 Å². The van der Waals surface area contributed by atoms with Gasteiger partial charge < -0.3 is 50.5 Å². The molecule has 4 rings (SSSR count). The highest BCUT2D eigenvalue weighted by atomic mass is 31.3. The third-order valence-corrected chi connectivity index (χ3v) is 8.32. The number of imidazole rings is 1. The van der Waals surface area contributed by atoms with Crippen molar-refractivity contribution in [3.63, 3.8) is 0 Å². The summed E-state index contributed by atoms with van der Waals surface area (Å²) in [6.45, 7) is 0.291. The van der Waals surface area contributed by atoms with Crippen LogP contribution in [0.5, 0.6) is 0 Å². The van der Waals surface area contributed by atoms with Gasteiger partial charge in [-0.25, -0.2) is 14.1 Å². The lowest BCUT2D eigenvalue weighted by Gasteiger charge is -2.38. The third-order valence-electron chi connectivity index (χ3n) is 5.72. The minimum Gasteiger partial charge on any atom is -0.388 e. The van der Waals surface area contributed by atoms with Gasteiger partial charge in [0, 0.05) is 0 Å². The predicted molar refractivity (Wildman–Crippen MR) is 119 cm³/mol. The highest BCUT2D eigenvalue weighted by Crippen LogP contribution is 2.61. The molecule has 0 spiro atoms. The first-order chi connectivity index (χ1) is 17.6. The number of anilines is 1. The summed E-state index contributed by atoms with van der Waals surface area (Å²) in [5.74, 6) is -0.266. The van der Waals surface area contributed by atoms with Crippen LogP contribution in [0.1, 0.15) is 13.2 Å². The lowest BCUT2D eigenvalue weighted by atomic mass is 10.0. The number of ether oxygens (including phenoxy) is 2. The number of nitrogens with one attached hydrogen (secondary N) is 1. The number of H-pyrrole nitrogens is 1. The standard InChI is InChI=1S/C16H25N5O15P2/c1-4-7(22)9(24)11(26)15(33-4)35-38(30,31)36-37(28,29)32-2-5-8(23)10(25)14(34-5)21-3-18-6-12(21)19-16(17)20-13(6)27/h3-5,7-11,14-15,22-26H,2H2,1H3,(H,28,29)(H,30,31)(H3,17,19,20,27)/t4-,5-,7-,8+,9+,10+,11+,14-,15+/m0/s1. The van der Waals surface area contributed by atoms with E-state index in [1.807, 2.05) is 0 Å². The number of aromatic amines is 1. The fourth-order valence-corrected chi connectivity index (χ4v) is 5.96. The Hall–Kier alpha value is -1.87. The van der Waals surface area contributed by atoms with Gasteiger partial charge in [-0.3, -0.25) is 23.4 Å². The first-order valence-corrected chi connectivity index (χ1v) is 13.7. The number of phosphoric acid groups is 2. The molecule has 0 aromatic carbocycles. The second-order valence-corrected chi connectivity index (χ2v) is 11.4. The van der Waals surface area contributed by atoms with Crippen molar-refractivity contribution in [2.45, 2.75) is 62.2 Å². The van der Waals surface area contributed by atoms with Crippen molar-refractivity contribution < 1.29 is 67.3 Å². The predicted octanol–water partition coefficient (Wildman–Crippen LogP) is -3.60. The Balaban J connectivity index is 1.39. The van der Waals surface area contributed by atoms with Gasteiger partial charge in [-0.2, -0.15) is 9.29 Å². The van der Waals surface area contributed by atoms with Crippen molar-refractivity contribution in [1.29, 1.82) is 0 Å². The second-order valence-electron chi connectivity index (χ2n) is 8.42. The zero-order chi connectivity index (χ0) is 28.2. The van der Waals surface area contributed by atoms with Crippen LogP contribution in [0.15, 0.2) is 11.1 Å². The maximum Gasteiger partial charge on any atom is 0.483 e. The van der Waals surface area contributed by atoms with Crippen LogP contribution in [0, 0.1) is 0 Å². The van der Waals surface area contributed by atoms with Gasteiger partial charge in [0.25, 0.3) is 5.56 Å². The molecule has 4 heterocycles. The van der Waals surface area contributed by atoms with Crippen molar-refractivity contribution in [2.24, 2.45) is 0 Å². The van der Waals surface area contributed by atoms with Crippen LogP contribution >= 0.6 is 15.6 Å². The highest BCUT2D eigenvalue weighted by molar-refractivity contribution is 7.61. The van der Waals surface area contributed by atoms with Gasteiger partial charge in [-0.05, 0) is 6.92 Å². The molecule has 2 aliphatic rings. The highest BCUT2D eigenvalue weighted by Gasteiger charge is 2.49. The summed E-state index contributed by atoms with van der Waals surface area (Å²) in [4.78, 5) is 41.7. The number of nitrogen functional groups attached to an aromatic ring is 1. The molecule has 0 saturated carbocycles. The van der Waals surface area contributed by atoms with E-state index in [4.69, 9.17) is 15.2 Å². The maximum atomic E-state index is 12.3. The molecule has 2 aliphatic heterocycles. The SMILES string of the molecule is C[C@@H]1O[C@H](OP(=O)(O)OP(=O)(O)OC[C@@H]2O[C@H](n3cnc4c(=O)[nH]c(N)nc43)[C@H](O)[C@@H]2O)[C@H](O)[C@H](O)[C@H]1O. The van der Waals surface area contributed by atoms with Gasteiger partial charge in [0.1, 0.15) is 36.6 Å². The number of aromatic nitrogens is 4. The Bertz CT molecular complexity index is 1320. The second kappa shape index (κ2) is 10.6. The molecule has 38 heavy (non-hydrogen) atoms. The molecule has 0 radical (unpaired) electrons. The van der Waals surface area contributed by atoms with Crippen LogP contribution in [-0.4, -0.2) is 110 Å². The average Bonchev–Trinajstić information content (AvgIpc) is 3.35. The average molecular weight is 589 g/mol. The van der Waals surface area contributed by atoms with Gasteiger partial charge in [0.15, 0.2) is 23.7 Å². The molecule has 2 saturated heterocycles. The molecule has 2 fully saturated rings. The van der Waals surface area contributed by atoms with Crippen molar-refractivity contribution in [3.05, 3.63) is 16.7 Å². The van der Waals surface area contributed by atoms with Gasteiger partial charge in [-0.15, -0.1) is 0 Å². The molecular formula is C16H25N5O15P2. The maximum absolute atomic E-state index is 12.3. The topological polar surface area (TPSA) is 311 Å². The molecule has 22 heteroatoms. The summed E-state index contributed by atoms with van der Waals surface area (Å²) < 4.78 is 49.3. The van der Waals surface area contributed by atoms with Crippen molar-refractivity contribution in [1.82, 2.24) is 19.5 Å². The summed E-state index contributed by atoms with van der Waals surface area (Å²) in [5.41, 5.74) is 4.59. The quantitative estimate of drug-likeness (QED) is 0.134. The molecular weight excluding hydrogens is 564 g/mol. The van der Waals surface area contributed by atoms with E-state index in [1.54, 1.807) is 0 Å². The van der Waals surface area contributed by atoms with E-state index in [0.717, 1.165) is 10.9 Å². The van der Waals surface area contributed by atoms with Gasteiger partial charge in [0.2, 0.25) is 5.95 Å². The molecule has 2 unspecified atom stereocenters. The Kier molecular flexibility index (Phi) is 8.12. The fourth-order valence-electron chi connectivity index (χ4n) is 3.80. The Morgan fingerprint density at radius 3 is 2.42 bits per heavy atom. The van der Waals surface area contributed by atoms with E-state index in [-0.39, 0.29) is 17.1 Å². The number of nitrogens with zero attached hydrogens (tertiary/aromatic N) is 3. The van der Waals surface area contributed by atoms with Crippen molar-refractivity contribution in [2.75, 3.05) is 12.3 Å². The first kappa shape index (κ1) is 29.1. The molecule has 10 N–H and O–H groups in total. The number of hydrogen-bond donors (Lipinski definition) is 9. The van der Waals surface area contributed by atoms with Crippen LogP contribution in [-0.2, 0) is 32.0 Å². The summed E-state index contributed by atoms with van der Waals surface area (Å²) in [6, 6.07) is 0. The molecule has 20 nitrogen and oxygen atoms in total. The molecule has 214 valence electrons. The normalized spacial score (nSPS) is 37.2. The summed E-state index contributed by atoms with van der Waals surface area (Å²) in [5, 5.41) is 50.0. The minimum absolute atomic E-state index is 0.0994. The van der Waals surface area contributed by atoms with Crippen LogP contribution in [0.3, 0.4) is 0 Å². The fraction of sp³-hybridized carbons (Fsp3) is 0.688. The van der Waals surface area contributed by atoms with Gasteiger partial charge in [-0.1, -0.05) is 0 Å². The van der Waals surface area contributed by atoms with E-state index in [1.165, 1.54) is 6.92 Å². The molecule has 2 aromatic heterocycles. The van der Waals surface area contributed by atoms with Crippen LogP contribution in [0.25, 0.3) is 11.2 Å². The number of nitrogens with two attached hydrogens (primary N) is 1. The third kappa shape index (κ3) is 5.83. The smallest absolute Gasteiger partial charge is 0.388 e. The van der Waals surface area contributed by atoms with E-state index < -0.39 is 83.1 Å². The van der Waals surface area contributed by atoms with Gasteiger partial charge in [0.05, 0.1) is 19.0 Å². The minimum atomic E-state index is -5.50. The first-order valence-electron chi connectivity index (χ1n) is 10.7. The van der Waals surface area contributed by atoms with Gasteiger partial charge >= 0.3 is 15.6 Å². The summed E-state index contributed by atoms with van der Waals surface area (Å²) in [7, 11) is -10.9. The molecule has 0 bridgehead atoms. The van der Waals surface area contributed by atoms with E-state index in [2.05, 4.69) is 28.3 Å². The molecule has 0 amide bonds. The number of aliphatic hydroxyl groups excluding tert-OH is 5. The lowest BCUT2D eigenvalue weighted by molar-refractivity contribution is -0.271.